The van der Waals surface area contributed by atoms with Crippen molar-refractivity contribution >= 4 is 17.9 Å². The van der Waals surface area contributed by atoms with Gasteiger partial charge in [-0.15, -0.1) is 0 Å². The molecule has 3 rings (SSSR count). The van der Waals surface area contributed by atoms with E-state index in [1.807, 2.05) is 36.4 Å². The predicted octanol–water partition coefficient (Wildman–Crippen LogP) is 3.72. The molecule has 0 aliphatic heterocycles. The van der Waals surface area contributed by atoms with Crippen molar-refractivity contribution in [1.82, 2.24) is 4.98 Å². The van der Waals surface area contributed by atoms with Gasteiger partial charge in [0.15, 0.2) is 12.2 Å². The summed E-state index contributed by atoms with van der Waals surface area (Å²) >= 11 is 0. The molecule has 0 spiro atoms. The maximum Gasteiger partial charge on any atom is 0.307 e. The second kappa shape index (κ2) is 6.70. The van der Waals surface area contributed by atoms with Gasteiger partial charge < -0.3 is 9.52 Å². The van der Waals surface area contributed by atoms with Gasteiger partial charge >= 0.3 is 5.97 Å². The van der Waals surface area contributed by atoms with Gasteiger partial charge in [-0.25, -0.2) is 4.98 Å². The molecule has 5 heteroatoms. The lowest BCUT2D eigenvalue weighted by Crippen LogP contribution is -1.99. The van der Waals surface area contributed by atoms with Gasteiger partial charge in [-0.05, 0) is 35.4 Å². The van der Waals surface area contributed by atoms with Gasteiger partial charge in [0.1, 0.15) is 0 Å². The summed E-state index contributed by atoms with van der Waals surface area (Å²) in [4.78, 5) is 18.9. The van der Waals surface area contributed by atoms with Crippen LogP contribution in [-0.2, 0) is 11.2 Å². The molecule has 2 aromatic carbocycles. The Bertz CT molecular complexity index is 804. The predicted molar refractivity (Wildman–Crippen MR) is 87.0 cm³/mol. The van der Waals surface area contributed by atoms with E-state index in [1.165, 1.54) is 6.39 Å². The van der Waals surface area contributed by atoms with Crippen molar-refractivity contribution in [2.75, 3.05) is 0 Å². The molecule has 0 bridgehead atoms. The molecule has 0 atom stereocenters. The third kappa shape index (κ3) is 3.91. The fourth-order valence-electron chi connectivity index (χ4n) is 2.12. The van der Waals surface area contributed by atoms with Gasteiger partial charge in [0, 0.05) is 11.8 Å². The lowest BCUT2D eigenvalue weighted by Gasteiger charge is -1.99. The molecule has 1 N–H and O–H groups in total. The van der Waals surface area contributed by atoms with Crippen LogP contribution < -0.4 is 0 Å². The largest absolute Gasteiger partial charge is 0.481 e. The third-order valence-electron chi connectivity index (χ3n) is 3.28. The summed E-state index contributed by atoms with van der Waals surface area (Å²) in [7, 11) is 0. The minimum atomic E-state index is -0.835. The van der Waals surface area contributed by atoms with E-state index >= 15 is 0 Å². The number of hydrogen-bond acceptors (Lipinski definition) is 4. The van der Waals surface area contributed by atoms with E-state index in [4.69, 9.17) is 9.52 Å². The summed E-state index contributed by atoms with van der Waals surface area (Å²) in [6.45, 7) is 0. The van der Waals surface area contributed by atoms with Crippen LogP contribution in [0, 0.1) is 0 Å². The Hall–Kier alpha value is -3.21. The number of aliphatic carboxylic acids is 1. The van der Waals surface area contributed by atoms with E-state index < -0.39 is 5.97 Å². The van der Waals surface area contributed by atoms with Crippen LogP contribution in [0.3, 0.4) is 0 Å². The van der Waals surface area contributed by atoms with Crippen LogP contribution in [0.2, 0.25) is 0 Å². The Morgan fingerprint density at radius 3 is 2.48 bits per heavy atom. The number of hydrogen-bond donors (Lipinski definition) is 1. The zero-order valence-electron chi connectivity index (χ0n) is 12.2. The number of aromatic nitrogens is 1. The summed E-state index contributed by atoms with van der Waals surface area (Å²) in [5.74, 6) is -0.118. The fraction of sp³-hybridized carbons (Fsp3) is 0.0556. The van der Waals surface area contributed by atoms with Crippen molar-refractivity contribution in [3.05, 3.63) is 72.2 Å². The van der Waals surface area contributed by atoms with Gasteiger partial charge in [-0.1, -0.05) is 24.3 Å². The van der Waals surface area contributed by atoms with Gasteiger partial charge in [-0.2, -0.15) is 0 Å². The van der Waals surface area contributed by atoms with Crippen LogP contribution in [-0.4, -0.2) is 22.3 Å². The number of carbonyl (C=O) groups is 1. The maximum atomic E-state index is 10.6. The highest BCUT2D eigenvalue weighted by molar-refractivity contribution is 5.82. The molecule has 0 fully saturated rings. The van der Waals surface area contributed by atoms with Crippen molar-refractivity contribution in [1.29, 1.82) is 0 Å². The number of benzene rings is 2. The number of oxazole rings is 1. The smallest absolute Gasteiger partial charge is 0.307 e. The van der Waals surface area contributed by atoms with Crippen LogP contribution >= 0.6 is 0 Å². The van der Waals surface area contributed by atoms with E-state index in [1.54, 1.807) is 24.5 Å². The van der Waals surface area contributed by atoms with Gasteiger partial charge in [0.25, 0.3) is 0 Å². The molecule has 1 aromatic heterocycles. The lowest BCUT2D eigenvalue weighted by molar-refractivity contribution is -0.136. The molecule has 1 heterocycles. The highest BCUT2D eigenvalue weighted by atomic mass is 16.4. The summed E-state index contributed by atoms with van der Waals surface area (Å²) in [6.07, 6.45) is 4.83. The molecular weight excluding hydrogens is 292 g/mol. The molecule has 114 valence electrons. The summed E-state index contributed by atoms with van der Waals surface area (Å²) in [5.41, 5.74) is 3.45. The van der Waals surface area contributed by atoms with Crippen LogP contribution in [0.15, 0.2) is 70.5 Å². The van der Waals surface area contributed by atoms with Gasteiger partial charge in [0.2, 0.25) is 0 Å². The SMILES string of the molecule is O=C(O)Cc1ccc(C=Nc2ccc(-c3cnco3)cc2)cc1. The fourth-order valence-corrected chi connectivity index (χ4v) is 2.12. The Morgan fingerprint density at radius 1 is 1.13 bits per heavy atom. The zero-order valence-corrected chi connectivity index (χ0v) is 12.2. The van der Waals surface area contributed by atoms with E-state index in [9.17, 15) is 4.79 Å². The first-order chi connectivity index (χ1) is 11.2. The molecule has 3 aromatic rings. The number of rotatable bonds is 5. The average Bonchev–Trinajstić information content (AvgIpc) is 3.09. The molecule has 23 heavy (non-hydrogen) atoms. The summed E-state index contributed by atoms with van der Waals surface area (Å²) < 4.78 is 5.24. The molecule has 0 radical (unpaired) electrons. The van der Waals surface area contributed by atoms with E-state index in [0.29, 0.717) is 0 Å². The Kier molecular flexibility index (Phi) is 4.29. The average molecular weight is 306 g/mol. The Labute approximate surface area is 133 Å². The minimum Gasteiger partial charge on any atom is -0.481 e. The standard InChI is InChI=1S/C18H14N2O3/c21-18(22)9-13-1-3-14(4-2-13)10-20-16-7-5-15(6-8-16)17-11-19-12-23-17/h1-8,10-12H,9H2,(H,21,22). The van der Waals surface area contributed by atoms with E-state index in [2.05, 4.69) is 9.98 Å². The number of carboxylic acid groups (broad SMARTS) is 1. The van der Waals surface area contributed by atoms with Crippen molar-refractivity contribution in [3.8, 4) is 11.3 Å². The molecule has 0 saturated heterocycles. The molecule has 0 aliphatic rings. The second-order valence-electron chi connectivity index (χ2n) is 4.98. The van der Waals surface area contributed by atoms with Crippen LogP contribution in [0.4, 0.5) is 5.69 Å². The molecule has 0 aliphatic carbocycles. The van der Waals surface area contributed by atoms with Crippen molar-refractivity contribution in [2.45, 2.75) is 6.42 Å². The zero-order chi connectivity index (χ0) is 16.1. The Morgan fingerprint density at radius 2 is 1.87 bits per heavy atom. The first kappa shape index (κ1) is 14.7. The third-order valence-corrected chi connectivity index (χ3v) is 3.28. The molecular formula is C18H14N2O3. The van der Waals surface area contributed by atoms with Crippen molar-refractivity contribution in [3.63, 3.8) is 0 Å². The highest BCUT2D eigenvalue weighted by Gasteiger charge is 2.01. The molecule has 0 saturated carbocycles. The molecule has 5 nitrogen and oxygen atoms in total. The van der Waals surface area contributed by atoms with E-state index in [-0.39, 0.29) is 6.42 Å². The minimum absolute atomic E-state index is 0.0283. The highest BCUT2D eigenvalue weighted by Crippen LogP contribution is 2.22. The Balaban J connectivity index is 1.69. The number of carboxylic acids is 1. The monoisotopic (exact) mass is 306 g/mol. The van der Waals surface area contributed by atoms with Crippen LogP contribution in [0.25, 0.3) is 11.3 Å². The van der Waals surface area contributed by atoms with Crippen molar-refractivity contribution < 1.29 is 14.3 Å². The van der Waals surface area contributed by atoms with Crippen molar-refractivity contribution in [2.24, 2.45) is 4.99 Å². The lowest BCUT2D eigenvalue weighted by atomic mass is 10.1. The summed E-state index contributed by atoms with van der Waals surface area (Å²) in [6, 6.07) is 14.9. The van der Waals surface area contributed by atoms with Gasteiger partial charge in [-0.3, -0.25) is 9.79 Å². The van der Waals surface area contributed by atoms with Gasteiger partial charge in [0.05, 0.1) is 18.3 Å². The quantitative estimate of drug-likeness (QED) is 0.729. The first-order valence-electron chi connectivity index (χ1n) is 7.04. The van der Waals surface area contributed by atoms with E-state index in [0.717, 1.165) is 28.1 Å². The second-order valence-corrected chi connectivity index (χ2v) is 4.98. The molecule has 0 unspecified atom stereocenters. The molecule has 0 amide bonds. The first-order valence-corrected chi connectivity index (χ1v) is 7.04. The summed E-state index contributed by atoms with van der Waals surface area (Å²) in [5, 5.41) is 8.74. The number of nitrogens with zero attached hydrogens (tertiary/aromatic N) is 2. The topological polar surface area (TPSA) is 75.7 Å². The number of aliphatic imine (C=N–C) groups is 1. The maximum absolute atomic E-state index is 10.6. The van der Waals surface area contributed by atoms with Crippen LogP contribution in [0.5, 0.6) is 0 Å². The van der Waals surface area contributed by atoms with Crippen LogP contribution in [0.1, 0.15) is 11.1 Å². The normalized spacial score (nSPS) is 11.0.